The molecule has 0 fully saturated rings. The second kappa shape index (κ2) is 11.5. The molecular formula is C29H25NO5. The molecule has 0 bridgehead atoms. The predicted octanol–water partition coefficient (Wildman–Crippen LogP) is 5.72. The fourth-order valence-corrected chi connectivity index (χ4v) is 3.51. The first-order chi connectivity index (χ1) is 17.1. The van der Waals surface area contributed by atoms with Crippen molar-refractivity contribution >= 4 is 17.6 Å². The molecule has 6 heteroatoms. The zero-order valence-electron chi connectivity index (χ0n) is 19.0. The summed E-state index contributed by atoms with van der Waals surface area (Å²) in [6, 6.07) is 31.4. The minimum absolute atomic E-state index is 0.173. The number of rotatable bonds is 10. The maximum atomic E-state index is 12.8. The Balaban J connectivity index is 1.37. The lowest BCUT2D eigenvalue weighted by Gasteiger charge is -2.12. The molecule has 35 heavy (non-hydrogen) atoms. The van der Waals surface area contributed by atoms with Crippen LogP contribution in [0.2, 0.25) is 0 Å². The maximum absolute atomic E-state index is 12.8. The summed E-state index contributed by atoms with van der Waals surface area (Å²) < 4.78 is 11.8. The second-order valence-electron chi connectivity index (χ2n) is 7.92. The molecule has 0 aromatic heterocycles. The van der Waals surface area contributed by atoms with E-state index < -0.39 is 5.97 Å². The van der Waals surface area contributed by atoms with E-state index >= 15 is 0 Å². The van der Waals surface area contributed by atoms with E-state index in [-0.39, 0.29) is 12.3 Å². The maximum Gasteiger partial charge on any atom is 0.307 e. The summed E-state index contributed by atoms with van der Waals surface area (Å²) in [5, 5.41) is 11.9. The number of benzene rings is 4. The average molecular weight is 468 g/mol. The van der Waals surface area contributed by atoms with E-state index in [0.717, 1.165) is 16.9 Å². The minimum Gasteiger partial charge on any atom is -0.489 e. The summed E-state index contributed by atoms with van der Waals surface area (Å²) in [6.45, 7) is 0.799. The molecule has 4 aromatic carbocycles. The first-order valence-corrected chi connectivity index (χ1v) is 11.2. The van der Waals surface area contributed by atoms with Gasteiger partial charge in [-0.05, 0) is 53.1 Å². The first-order valence-electron chi connectivity index (χ1n) is 11.2. The van der Waals surface area contributed by atoms with Gasteiger partial charge in [0, 0.05) is 11.3 Å². The third kappa shape index (κ3) is 6.95. The molecule has 0 radical (unpaired) electrons. The molecule has 0 heterocycles. The molecule has 0 aliphatic rings. The number of nitrogens with one attached hydrogen (secondary N) is 1. The Hall–Kier alpha value is -4.58. The van der Waals surface area contributed by atoms with Gasteiger partial charge in [0.25, 0.3) is 5.91 Å². The van der Waals surface area contributed by atoms with Gasteiger partial charge in [-0.1, -0.05) is 66.7 Å². The summed E-state index contributed by atoms with van der Waals surface area (Å²) >= 11 is 0. The van der Waals surface area contributed by atoms with Crippen molar-refractivity contribution in [1.29, 1.82) is 0 Å². The molecule has 0 spiro atoms. The number of carbonyl (C=O) groups excluding carboxylic acids is 1. The summed E-state index contributed by atoms with van der Waals surface area (Å²) in [5.41, 5.74) is 3.45. The van der Waals surface area contributed by atoms with Crippen LogP contribution in [-0.4, -0.2) is 17.0 Å². The van der Waals surface area contributed by atoms with Crippen LogP contribution in [0.25, 0.3) is 0 Å². The van der Waals surface area contributed by atoms with Gasteiger partial charge in [0.1, 0.15) is 24.7 Å². The third-order valence-electron chi connectivity index (χ3n) is 5.26. The van der Waals surface area contributed by atoms with Crippen LogP contribution in [0.1, 0.15) is 27.0 Å². The molecule has 4 aromatic rings. The molecule has 1 amide bonds. The van der Waals surface area contributed by atoms with E-state index in [2.05, 4.69) is 5.32 Å². The van der Waals surface area contributed by atoms with Crippen LogP contribution >= 0.6 is 0 Å². The monoisotopic (exact) mass is 467 g/mol. The van der Waals surface area contributed by atoms with Gasteiger partial charge in [0.2, 0.25) is 0 Å². The number of carbonyl (C=O) groups is 2. The van der Waals surface area contributed by atoms with Gasteiger partial charge >= 0.3 is 5.97 Å². The van der Waals surface area contributed by atoms with Crippen molar-refractivity contribution in [3.05, 3.63) is 125 Å². The summed E-state index contributed by atoms with van der Waals surface area (Å²) in [4.78, 5) is 23.9. The zero-order chi connectivity index (χ0) is 24.5. The topological polar surface area (TPSA) is 84.9 Å². The molecule has 0 saturated heterocycles. The molecule has 0 aliphatic carbocycles. The smallest absolute Gasteiger partial charge is 0.307 e. The minimum atomic E-state index is -0.961. The van der Waals surface area contributed by atoms with Gasteiger partial charge in [-0.25, -0.2) is 0 Å². The Morgan fingerprint density at radius 3 is 2.09 bits per heavy atom. The van der Waals surface area contributed by atoms with Crippen molar-refractivity contribution in [1.82, 2.24) is 0 Å². The molecule has 0 saturated carbocycles. The van der Waals surface area contributed by atoms with Crippen molar-refractivity contribution in [3.63, 3.8) is 0 Å². The summed E-state index contributed by atoms with van der Waals surface area (Å²) in [5.74, 6) is -0.00332. The SMILES string of the molecule is O=C(O)Cc1ccccc1NC(=O)c1cccc(OCc2cccc(OCc3ccccc3)c2)c1. The van der Waals surface area contributed by atoms with Crippen molar-refractivity contribution < 1.29 is 24.2 Å². The number of hydrogen-bond donors (Lipinski definition) is 2. The lowest BCUT2D eigenvalue weighted by molar-refractivity contribution is -0.136. The van der Waals surface area contributed by atoms with Crippen LogP contribution in [0.5, 0.6) is 11.5 Å². The predicted molar refractivity (Wildman–Crippen MR) is 134 cm³/mol. The van der Waals surface area contributed by atoms with Crippen LogP contribution in [0.15, 0.2) is 103 Å². The number of hydrogen-bond acceptors (Lipinski definition) is 4. The third-order valence-corrected chi connectivity index (χ3v) is 5.26. The molecule has 6 nitrogen and oxygen atoms in total. The van der Waals surface area contributed by atoms with Crippen molar-refractivity contribution in [2.45, 2.75) is 19.6 Å². The van der Waals surface area contributed by atoms with E-state index in [9.17, 15) is 9.59 Å². The molecule has 2 N–H and O–H groups in total. The highest BCUT2D eigenvalue weighted by Gasteiger charge is 2.12. The fourth-order valence-electron chi connectivity index (χ4n) is 3.51. The summed E-state index contributed by atoms with van der Waals surface area (Å²) in [6.07, 6.45) is -0.173. The first kappa shape index (κ1) is 23.6. The zero-order valence-corrected chi connectivity index (χ0v) is 19.0. The van der Waals surface area contributed by atoms with Crippen LogP contribution in [0.3, 0.4) is 0 Å². The lowest BCUT2D eigenvalue weighted by atomic mass is 10.1. The quantitative estimate of drug-likeness (QED) is 0.311. The number of para-hydroxylation sites is 1. The van der Waals surface area contributed by atoms with E-state index in [1.54, 1.807) is 48.5 Å². The van der Waals surface area contributed by atoms with Gasteiger partial charge < -0.3 is 19.9 Å². The Bertz CT molecular complexity index is 1300. The van der Waals surface area contributed by atoms with E-state index in [0.29, 0.717) is 35.8 Å². The Kier molecular flexibility index (Phi) is 7.76. The Morgan fingerprint density at radius 2 is 1.31 bits per heavy atom. The molecule has 0 unspecified atom stereocenters. The van der Waals surface area contributed by atoms with Crippen LogP contribution in [0, 0.1) is 0 Å². The van der Waals surface area contributed by atoms with Crippen molar-refractivity contribution in [2.24, 2.45) is 0 Å². The number of anilines is 1. The van der Waals surface area contributed by atoms with E-state index in [1.165, 1.54) is 0 Å². The largest absolute Gasteiger partial charge is 0.489 e. The fraction of sp³-hybridized carbons (Fsp3) is 0.103. The Morgan fingerprint density at radius 1 is 0.686 bits per heavy atom. The number of ether oxygens (including phenoxy) is 2. The number of aliphatic carboxylic acids is 1. The second-order valence-corrected chi connectivity index (χ2v) is 7.92. The van der Waals surface area contributed by atoms with Crippen LogP contribution in [0.4, 0.5) is 5.69 Å². The van der Waals surface area contributed by atoms with Gasteiger partial charge in [0.15, 0.2) is 0 Å². The molecule has 0 atom stereocenters. The Labute approximate surface area is 203 Å². The van der Waals surface area contributed by atoms with Crippen molar-refractivity contribution in [2.75, 3.05) is 5.32 Å². The van der Waals surface area contributed by atoms with E-state index in [4.69, 9.17) is 14.6 Å². The highest BCUT2D eigenvalue weighted by molar-refractivity contribution is 6.05. The summed E-state index contributed by atoms with van der Waals surface area (Å²) in [7, 11) is 0. The standard InChI is InChI=1S/C29H25NO5/c31-28(32)18-23-11-4-5-15-27(23)30-29(33)24-12-7-14-26(17-24)35-20-22-10-6-13-25(16-22)34-19-21-8-2-1-3-9-21/h1-17H,18-20H2,(H,30,33)(H,31,32). The molecular weight excluding hydrogens is 442 g/mol. The normalized spacial score (nSPS) is 10.4. The van der Waals surface area contributed by atoms with Gasteiger partial charge in [-0.3, -0.25) is 9.59 Å². The lowest BCUT2D eigenvalue weighted by Crippen LogP contribution is -2.14. The highest BCUT2D eigenvalue weighted by atomic mass is 16.5. The number of carboxylic acids is 1. The van der Waals surface area contributed by atoms with Gasteiger partial charge in [-0.2, -0.15) is 0 Å². The molecule has 176 valence electrons. The van der Waals surface area contributed by atoms with Crippen LogP contribution in [-0.2, 0) is 24.4 Å². The average Bonchev–Trinajstić information content (AvgIpc) is 2.88. The molecule has 0 aliphatic heterocycles. The molecule has 4 rings (SSSR count). The number of amides is 1. The number of carboxylic acid groups (broad SMARTS) is 1. The highest BCUT2D eigenvalue weighted by Crippen LogP contribution is 2.21. The van der Waals surface area contributed by atoms with Gasteiger partial charge in [0.05, 0.1) is 6.42 Å². The van der Waals surface area contributed by atoms with Gasteiger partial charge in [-0.15, -0.1) is 0 Å². The van der Waals surface area contributed by atoms with Crippen LogP contribution < -0.4 is 14.8 Å². The van der Waals surface area contributed by atoms with Crippen molar-refractivity contribution in [3.8, 4) is 11.5 Å². The van der Waals surface area contributed by atoms with E-state index in [1.807, 2.05) is 54.6 Å².